The lowest BCUT2D eigenvalue weighted by Gasteiger charge is -2.43. The first-order valence-electron chi connectivity index (χ1n) is 4.78. The molecule has 0 amide bonds. The lowest BCUT2D eigenvalue weighted by Crippen LogP contribution is -2.57. The zero-order valence-electron chi connectivity index (χ0n) is 8.02. The molecule has 5 atom stereocenters. The van der Waals surface area contributed by atoms with E-state index in [0.717, 1.165) is 17.3 Å². The average molecular weight is 298 g/mol. The lowest BCUT2D eigenvalue weighted by molar-refractivity contribution is -0.932. The summed E-state index contributed by atoms with van der Waals surface area (Å²) in [4.78, 5) is 0. The number of fused-ring (bicyclic) bond motifs is 2. The zero-order valence-corrected chi connectivity index (χ0v) is 10.2. The number of hydrogen-bond donors (Lipinski definition) is 2. The van der Waals surface area contributed by atoms with Crippen molar-refractivity contribution in [3.05, 3.63) is 0 Å². The topological polar surface area (TPSA) is 40.5 Å². The fraction of sp³-hybridized carbons (Fsp3) is 1.00. The summed E-state index contributed by atoms with van der Waals surface area (Å²) in [6.45, 7) is 0. The van der Waals surface area contributed by atoms with Gasteiger partial charge >= 0.3 is 0 Å². The Morgan fingerprint density at radius 1 is 1.15 bits per heavy atom. The molecular weight excluding hydrogens is 281 g/mol. The molecule has 76 valence electrons. The van der Waals surface area contributed by atoms with E-state index in [-0.39, 0.29) is 18.2 Å². The minimum absolute atomic E-state index is 0.199. The Bertz CT molecular complexity index is 202. The van der Waals surface area contributed by atoms with Crippen LogP contribution in [0.4, 0.5) is 0 Å². The van der Waals surface area contributed by atoms with Crippen molar-refractivity contribution in [1.82, 2.24) is 0 Å². The summed E-state index contributed by atoms with van der Waals surface area (Å²) in [6, 6.07) is 0.653. The number of aliphatic hydroxyl groups excluding tert-OH is 2. The zero-order chi connectivity index (χ0) is 9.80. The van der Waals surface area contributed by atoms with E-state index in [4.69, 9.17) is 0 Å². The van der Waals surface area contributed by atoms with Crippen LogP contribution < -0.4 is 0 Å². The second-order valence-electron chi connectivity index (χ2n) is 4.82. The molecule has 2 fully saturated rings. The highest BCUT2D eigenvalue weighted by Crippen LogP contribution is 2.43. The number of aliphatic hydroxyl groups is 2. The van der Waals surface area contributed by atoms with Crippen LogP contribution in [0.1, 0.15) is 12.8 Å². The van der Waals surface area contributed by atoms with Gasteiger partial charge in [-0.05, 0) is 0 Å². The van der Waals surface area contributed by atoms with Crippen molar-refractivity contribution in [2.24, 2.45) is 0 Å². The number of halogens is 1. The molecule has 2 saturated heterocycles. The Morgan fingerprint density at radius 2 is 1.69 bits per heavy atom. The van der Waals surface area contributed by atoms with Gasteiger partial charge in [-0.15, -0.1) is 0 Å². The molecule has 13 heavy (non-hydrogen) atoms. The van der Waals surface area contributed by atoms with Gasteiger partial charge in [-0.3, -0.25) is 0 Å². The van der Waals surface area contributed by atoms with Gasteiger partial charge in [0.1, 0.15) is 18.2 Å². The molecule has 2 bridgehead atoms. The molecule has 2 aliphatic rings. The van der Waals surface area contributed by atoms with Crippen molar-refractivity contribution in [2.75, 3.05) is 14.1 Å². The molecule has 0 aromatic rings. The number of likely N-dealkylation sites (N-methyl/N-ethyl adjacent to an activating group) is 1. The number of nitrogens with zero attached hydrogens (tertiary/aromatic N) is 1. The molecule has 4 heteroatoms. The first-order valence-corrected chi connectivity index (χ1v) is 6.02. The van der Waals surface area contributed by atoms with Crippen LogP contribution in [0, 0.1) is 0 Å². The number of piperidine rings is 1. The largest absolute Gasteiger partial charge is 0.393 e. The van der Waals surface area contributed by atoms with E-state index in [9.17, 15) is 10.2 Å². The van der Waals surface area contributed by atoms with Crippen LogP contribution in [-0.4, -0.2) is 57.0 Å². The Kier molecular flexibility index (Phi) is 2.38. The van der Waals surface area contributed by atoms with E-state index < -0.39 is 0 Å². The van der Waals surface area contributed by atoms with E-state index >= 15 is 0 Å². The van der Waals surface area contributed by atoms with E-state index in [1.165, 1.54) is 0 Å². The normalized spacial score (nSPS) is 53.8. The highest BCUT2D eigenvalue weighted by molar-refractivity contribution is 14.1. The average Bonchev–Trinajstić information content (AvgIpc) is 2.20. The van der Waals surface area contributed by atoms with Crippen LogP contribution in [0.25, 0.3) is 0 Å². The molecule has 0 aromatic carbocycles. The Balaban J connectivity index is 2.31. The molecule has 0 saturated carbocycles. The van der Waals surface area contributed by atoms with Gasteiger partial charge in [-0.2, -0.15) is 0 Å². The maximum atomic E-state index is 9.99. The Hall–Kier alpha value is 0.610. The van der Waals surface area contributed by atoms with E-state index in [0.29, 0.717) is 9.97 Å². The van der Waals surface area contributed by atoms with Crippen LogP contribution in [0.15, 0.2) is 0 Å². The fourth-order valence-corrected chi connectivity index (χ4v) is 4.51. The van der Waals surface area contributed by atoms with Crippen LogP contribution in [0.2, 0.25) is 0 Å². The summed E-state index contributed by atoms with van der Waals surface area (Å²) < 4.78 is 1.18. The molecule has 2 N–H and O–H groups in total. The van der Waals surface area contributed by atoms with Crippen LogP contribution in [0.5, 0.6) is 0 Å². The maximum absolute atomic E-state index is 9.99. The number of hydrogen-bond acceptors (Lipinski definition) is 2. The Labute approximate surface area is 92.5 Å². The third kappa shape index (κ3) is 1.33. The standard InChI is InChI=1S/C9H17INO2/c1-11(2)6-3-5(12)4-7(11)9(13)8(6)10/h5-9,12-13H,3-4H2,1-2H3/q+1/t5-,6?,7?,8?,9?/m0/s1. The minimum atomic E-state index is -0.238. The molecule has 0 spiro atoms. The maximum Gasteiger partial charge on any atom is 0.123 e. The Morgan fingerprint density at radius 3 is 2.23 bits per heavy atom. The molecule has 3 nitrogen and oxygen atoms in total. The van der Waals surface area contributed by atoms with Crippen molar-refractivity contribution < 1.29 is 14.7 Å². The van der Waals surface area contributed by atoms with Gasteiger partial charge < -0.3 is 14.7 Å². The van der Waals surface area contributed by atoms with Gasteiger partial charge in [0.25, 0.3) is 0 Å². The highest BCUT2D eigenvalue weighted by atomic mass is 127. The fourth-order valence-electron chi connectivity index (χ4n) is 2.91. The van der Waals surface area contributed by atoms with Gasteiger partial charge in [0.15, 0.2) is 0 Å². The quantitative estimate of drug-likeness (QED) is 0.379. The van der Waals surface area contributed by atoms with Crippen molar-refractivity contribution >= 4 is 22.6 Å². The van der Waals surface area contributed by atoms with E-state index in [2.05, 4.69) is 36.7 Å². The molecule has 0 aromatic heterocycles. The van der Waals surface area contributed by atoms with Gasteiger partial charge in [0.05, 0.1) is 24.1 Å². The first-order chi connectivity index (χ1) is 5.94. The predicted octanol–water partition coefficient (Wildman–Crippen LogP) is 0.133. The van der Waals surface area contributed by atoms with Crippen molar-refractivity contribution in [2.45, 2.75) is 41.1 Å². The van der Waals surface area contributed by atoms with Crippen LogP contribution in [0.3, 0.4) is 0 Å². The third-order valence-corrected chi connectivity index (χ3v) is 5.39. The molecular formula is C9H17INO2+. The number of rotatable bonds is 0. The molecule has 2 heterocycles. The lowest BCUT2D eigenvalue weighted by atomic mass is 9.98. The van der Waals surface area contributed by atoms with Gasteiger partial charge in [-0.25, -0.2) is 0 Å². The van der Waals surface area contributed by atoms with E-state index in [1.807, 2.05) is 0 Å². The monoisotopic (exact) mass is 298 g/mol. The number of quaternary nitrogens is 1. The first kappa shape index (κ1) is 10.1. The summed E-state index contributed by atoms with van der Waals surface area (Å²) in [6.07, 6.45) is 1.16. The van der Waals surface area contributed by atoms with E-state index in [1.54, 1.807) is 0 Å². The summed E-state index contributed by atoms with van der Waals surface area (Å²) in [7, 11) is 4.34. The highest BCUT2D eigenvalue weighted by Gasteiger charge is 2.58. The summed E-state index contributed by atoms with van der Waals surface area (Å²) >= 11 is 2.33. The number of alkyl halides is 1. The van der Waals surface area contributed by atoms with Gasteiger partial charge in [-0.1, -0.05) is 22.6 Å². The molecule has 2 aliphatic heterocycles. The molecule has 0 radical (unpaired) electrons. The van der Waals surface area contributed by atoms with Gasteiger partial charge in [0, 0.05) is 12.8 Å². The minimum Gasteiger partial charge on any atom is -0.393 e. The van der Waals surface area contributed by atoms with Crippen molar-refractivity contribution in [3.63, 3.8) is 0 Å². The second-order valence-corrected chi connectivity index (χ2v) is 6.26. The van der Waals surface area contributed by atoms with Gasteiger partial charge in [0.2, 0.25) is 0 Å². The summed E-state index contributed by atoms with van der Waals surface area (Å²) in [5, 5.41) is 19.6. The molecule has 4 unspecified atom stereocenters. The van der Waals surface area contributed by atoms with Crippen molar-refractivity contribution in [1.29, 1.82) is 0 Å². The van der Waals surface area contributed by atoms with Crippen LogP contribution >= 0.6 is 22.6 Å². The van der Waals surface area contributed by atoms with Crippen molar-refractivity contribution in [3.8, 4) is 0 Å². The third-order valence-electron chi connectivity index (χ3n) is 3.82. The SMILES string of the molecule is C[N+]1(C)C2C[C@@H](O)CC1C(I)C2O. The summed E-state index contributed by atoms with van der Waals surface area (Å²) in [5.41, 5.74) is 0. The molecule has 0 aliphatic carbocycles. The summed E-state index contributed by atoms with van der Waals surface area (Å²) in [5.74, 6) is 0. The van der Waals surface area contributed by atoms with Crippen LogP contribution in [-0.2, 0) is 0 Å². The second kappa shape index (κ2) is 3.05. The molecule has 2 rings (SSSR count). The predicted molar refractivity (Wildman–Crippen MR) is 58.7 cm³/mol. The smallest absolute Gasteiger partial charge is 0.123 e.